The van der Waals surface area contributed by atoms with E-state index in [1.165, 1.54) is 25.3 Å². The average Bonchev–Trinajstić information content (AvgIpc) is 3.08. The lowest BCUT2D eigenvalue weighted by Gasteiger charge is -2.23. The van der Waals surface area contributed by atoms with Crippen molar-refractivity contribution in [3.8, 4) is 11.5 Å². The van der Waals surface area contributed by atoms with Crippen LogP contribution >= 0.6 is 0 Å². The molecule has 1 atom stereocenters. The van der Waals surface area contributed by atoms with Crippen LogP contribution in [-0.4, -0.2) is 22.2 Å². The zero-order valence-electron chi connectivity index (χ0n) is 15.3. The van der Waals surface area contributed by atoms with E-state index in [4.69, 9.17) is 10.2 Å². The fraction of sp³-hybridized carbons (Fsp3) is 0.526. The first-order chi connectivity index (χ1) is 12.5. The highest BCUT2D eigenvalue weighted by Gasteiger charge is 2.22. The lowest BCUT2D eigenvalue weighted by molar-refractivity contribution is -0.124. The third kappa shape index (κ3) is 3.98. The van der Waals surface area contributed by atoms with Gasteiger partial charge in [0.15, 0.2) is 5.76 Å². The molecule has 1 fully saturated rings. The second-order valence-corrected chi connectivity index (χ2v) is 7.07. The molecule has 0 radical (unpaired) electrons. The van der Waals surface area contributed by atoms with E-state index in [1.807, 2.05) is 13.0 Å². The fourth-order valence-corrected chi connectivity index (χ4v) is 3.38. The van der Waals surface area contributed by atoms with Crippen molar-refractivity contribution >= 4 is 11.6 Å². The number of hydrogen-bond donors (Lipinski definition) is 2. The lowest BCUT2D eigenvalue weighted by Crippen LogP contribution is -2.39. The quantitative estimate of drug-likeness (QED) is 0.855. The zero-order chi connectivity index (χ0) is 18.7. The molecule has 7 heteroatoms. The number of anilines is 1. The van der Waals surface area contributed by atoms with Gasteiger partial charge in [0.1, 0.15) is 23.2 Å². The van der Waals surface area contributed by atoms with Crippen molar-refractivity contribution in [3.63, 3.8) is 0 Å². The first-order valence-electron chi connectivity index (χ1n) is 9.19. The van der Waals surface area contributed by atoms with Crippen LogP contribution in [0.4, 0.5) is 5.69 Å². The minimum Gasteiger partial charge on any atom is -0.460 e. The minimum absolute atomic E-state index is 0.0379. The molecule has 1 aliphatic rings. The molecule has 3 N–H and O–H groups in total. The molecule has 1 amide bonds. The van der Waals surface area contributed by atoms with Crippen LogP contribution in [0.25, 0.3) is 11.5 Å². The molecular formula is C19H26N4O3. The molecule has 2 heterocycles. The Bertz CT molecular complexity index is 834. The second kappa shape index (κ2) is 7.76. The van der Waals surface area contributed by atoms with E-state index in [1.54, 1.807) is 13.0 Å². The molecule has 140 valence electrons. The van der Waals surface area contributed by atoms with Crippen molar-refractivity contribution < 1.29 is 9.21 Å². The summed E-state index contributed by atoms with van der Waals surface area (Å²) in [6, 6.07) is 4.30. The maximum Gasteiger partial charge on any atom is 0.290 e. The van der Waals surface area contributed by atoms with Crippen LogP contribution in [0, 0.1) is 12.8 Å². The van der Waals surface area contributed by atoms with Crippen molar-refractivity contribution in [2.24, 2.45) is 5.92 Å². The van der Waals surface area contributed by atoms with E-state index < -0.39 is 11.6 Å². The first-order valence-corrected chi connectivity index (χ1v) is 9.19. The lowest BCUT2D eigenvalue weighted by atomic mass is 9.89. The van der Waals surface area contributed by atoms with E-state index in [0.29, 0.717) is 23.9 Å². The van der Waals surface area contributed by atoms with Crippen LogP contribution in [0.15, 0.2) is 27.4 Å². The molecule has 0 saturated heterocycles. The molecule has 2 aromatic rings. The summed E-state index contributed by atoms with van der Waals surface area (Å²) in [6.07, 6.45) is 6.01. The van der Waals surface area contributed by atoms with Crippen LogP contribution in [0.3, 0.4) is 0 Å². The Morgan fingerprint density at radius 2 is 2.12 bits per heavy atom. The number of carbonyl (C=O) groups excluding carboxylic acids is 1. The Morgan fingerprint density at radius 1 is 1.38 bits per heavy atom. The summed E-state index contributed by atoms with van der Waals surface area (Å²) in [5.41, 5.74) is 5.84. The molecule has 0 aliphatic heterocycles. The monoisotopic (exact) mass is 358 g/mol. The highest BCUT2D eigenvalue weighted by atomic mass is 16.3. The van der Waals surface area contributed by atoms with Crippen LogP contribution in [0.2, 0.25) is 0 Å². The van der Waals surface area contributed by atoms with Gasteiger partial charge in [0.2, 0.25) is 5.91 Å². The average molecular weight is 358 g/mol. The van der Waals surface area contributed by atoms with E-state index in [-0.39, 0.29) is 11.6 Å². The van der Waals surface area contributed by atoms with E-state index in [0.717, 1.165) is 23.3 Å². The van der Waals surface area contributed by atoms with Gasteiger partial charge in [0.25, 0.3) is 5.56 Å². The Hall–Kier alpha value is -2.57. The Morgan fingerprint density at radius 3 is 2.77 bits per heavy atom. The summed E-state index contributed by atoms with van der Waals surface area (Å²) in [7, 11) is 0. The molecule has 0 bridgehead atoms. The molecule has 26 heavy (non-hydrogen) atoms. The third-order valence-corrected chi connectivity index (χ3v) is 4.99. The number of nitrogens with zero attached hydrogens (tertiary/aromatic N) is 2. The second-order valence-electron chi connectivity index (χ2n) is 7.07. The van der Waals surface area contributed by atoms with E-state index in [9.17, 15) is 9.59 Å². The number of aromatic nitrogens is 2. The molecule has 0 aromatic carbocycles. The molecule has 2 aromatic heterocycles. The maximum atomic E-state index is 12.5. The topological polar surface area (TPSA) is 103 Å². The van der Waals surface area contributed by atoms with Crippen LogP contribution < -0.4 is 16.6 Å². The Labute approximate surface area is 152 Å². The molecule has 1 aliphatic carbocycles. The van der Waals surface area contributed by atoms with Gasteiger partial charge >= 0.3 is 0 Å². The fourth-order valence-electron chi connectivity index (χ4n) is 3.38. The van der Waals surface area contributed by atoms with Gasteiger partial charge < -0.3 is 15.5 Å². The summed E-state index contributed by atoms with van der Waals surface area (Å²) in [4.78, 5) is 24.9. The van der Waals surface area contributed by atoms with Crippen LogP contribution in [0.5, 0.6) is 0 Å². The predicted molar refractivity (Wildman–Crippen MR) is 99.6 cm³/mol. The largest absolute Gasteiger partial charge is 0.460 e. The summed E-state index contributed by atoms with van der Waals surface area (Å²) >= 11 is 0. The Balaban J connectivity index is 1.77. The minimum atomic E-state index is -0.746. The van der Waals surface area contributed by atoms with Gasteiger partial charge in [0.05, 0.1) is 0 Å². The number of rotatable bonds is 5. The van der Waals surface area contributed by atoms with Crippen molar-refractivity contribution in [1.82, 2.24) is 15.1 Å². The molecular weight excluding hydrogens is 332 g/mol. The van der Waals surface area contributed by atoms with Gasteiger partial charge in [-0.2, -0.15) is 5.10 Å². The Kier molecular flexibility index (Phi) is 5.44. The number of nitrogen functional groups attached to an aromatic ring is 1. The molecule has 7 nitrogen and oxygen atoms in total. The molecule has 3 rings (SSSR count). The summed E-state index contributed by atoms with van der Waals surface area (Å²) < 4.78 is 6.69. The normalized spacial score (nSPS) is 16.4. The maximum absolute atomic E-state index is 12.5. The third-order valence-electron chi connectivity index (χ3n) is 4.99. The van der Waals surface area contributed by atoms with Gasteiger partial charge in [0, 0.05) is 6.54 Å². The van der Waals surface area contributed by atoms with Gasteiger partial charge in [-0.05, 0) is 50.8 Å². The van der Waals surface area contributed by atoms with Crippen LogP contribution in [-0.2, 0) is 4.79 Å². The van der Waals surface area contributed by atoms with Gasteiger partial charge in [-0.25, -0.2) is 4.68 Å². The molecule has 0 spiro atoms. The highest BCUT2D eigenvalue weighted by Crippen LogP contribution is 2.23. The van der Waals surface area contributed by atoms with Crippen molar-refractivity contribution in [2.45, 2.75) is 52.0 Å². The highest BCUT2D eigenvalue weighted by molar-refractivity contribution is 5.79. The van der Waals surface area contributed by atoms with Crippen LogP contribution in [0.1, 0.15) is 50.8 Å². The van der Waals surface area contributed by atoms with E-state index >= 15 is 0 Å². The molecule has 1 unspecified atom stereocenters. The van der Waals surface area contributed by atoms with Gasteiger partial charge in [-0.1, -0.05) is 19.3 Å². The number of nitrogens with two attached hydrogens (primary N) is 1. The zero-order valence-corrected chi connectivity index (χ0v) is 15.3. The summed E-state index contributed by atoms with van der Waals surface area (Å²) in [5.74, 6) is 1.54. The van der Waals surface area contributed by atoms with E-state index in [2.05, 4.69) is 10.4 Å². The van der Waals surface area contributed by atoms with Gasteiger partial charge in [-0.15, -0.1) is 0 Å². The van der Waals surface area contributed by atoms with Crippen molar-refractivity contribution in [3.05, 3.63) is 34.3 Å². The number of furan rings is 1. The SMILES string of the molecule is Cc1ccc(-c2cc(N)c(=O)n(C(C)C(=O)NCC3CCCCC3)n2)o1. The van der Waals surface area contributed by atoms with Crippen molar-refractivity contribution in [2.75, 3.05) is 12.3 Å². The number of nitrogens with one attached hydrogen (secondary N) is 1. The first kappa shape index (κ1) is 18.2. The smallest absolute Gasteiger partial charge is 0.290 e. The van der Waals surface area contributed by atoms with Crippen molar-refractivity contribution in [1.29, 1.82) is 0 Å². The molecule has 1 saturated carbocycles. The number of aryl methyl sites for hydroxylation is 1. The summed E-state index contributed by atoms with van der Waals surface area (Å²) in [6.45, 7) is 4.12. The number of hydrogen-bond acceptors (Lipinski definition) is 5. The van der Waals surface area contributed by atoms with Gasteiger partial charge in [-0.3, -0.25) is 9.59 Å². The number of amides is 1. The predicted octanol–water partition coefficient (Wildman–Crippen LogP) is 2.65. The standard InChI is InChI=1S/C19H26N4O3/c1-12-8-9-17(26-12)16-10-15(20)19(25)23(22-16)13(2)18(24)21-11-14-6-4-3-5-7-14/h8-10,13-14H,3-7,11,20H2,1-2H3,(H,21,24). The summed E-state index contributed by atoms with van der Waals surface area (Å²) in [5, 5.41) is 7.26. The number of carbonyl (C=O) groups is 1.